The zero-order valence-electron chi connectivity index (χ0n) is 48.2. The molecular weight excluding hydrogens is 980 g/mol. The van der Waals surface area contributed by atoms with Crippen LogP contribution in [0.1, 0.15) is 97.8 Å². The number of hydrogen-bond acceptors (Lipinski definition) is 4. The molecule has 1 saturated carbocycles. The summed E-state index contributed by atoms with van der Waals surface area (Å²) in [6.07, 6.45) is 4.55. The Balaban J connectivity index is 1.07. The van der Waals surface area contributed by atoms with Crippen molar-refractivity contribution in [3.05, 3.63) is 253 Å². The summed E-state index contributed by atoms with van der Waals surface area (Å²) in [5, 5.41) is 0. The van der Waals surface area contributed by atoms with Crippen molar-refractivity contribution in [2.24, 2.45) is 0 Å². The van der Waals surface area contributed by atoms with Gasteiger partial charge in [-0.05, 0) is 177 Å². The van der Waals surface area contributed by atoms with Gasteiger partial charge in [0, 0.05) is 68.0 Å². The fraction of sp³-hybridized carbons (Fsp3) is 0.211. The number of nitrogens with zero attached hydrogens (tertiary/aromatic N) is 4. The van der Waals surface area contributed by atoms with Crippen LogP contribution in [0.3, 0.4) is 0 Å². The third-order valence-corrected chi connectivity index (χ3v) is 18.9. The zero-order valence-corrected chi connectivity index (χ0v) is 48.2. The van der Waals surface area contributed by atoms with E-state index >= 15 is 0 Å². The third kappa shape index (κ3) is 8.25. The van der Waals surface area contributed by atoms with E-state index in [1.165, 1.54) is 108 Å². The summed E-state index contributed by atoms with van der Waals surface area (Å²) in [6.45, 7) is 19.1. The van der Waals surface area contributed by atoms with Crippen LogP contribution in [-0.4, -0.2) is 12.3 Å². The molecule has 10 aromatic carbocycles. The van der Waals surface area contributed by atoms with Gasteiger partial charge in [0.2, 0.25) is 0 Å². The van der Waals surface area contributed by atoms with Gasteiger partial charge in [-0.3, -0.25) is 0 Å². The van der Waals surface area contributed by atoms with Gasteiger partial charge >= 0.3 is 0 Å². The predicted molar refractivity (Wildman–Crippen MR) is 346 cm³/mol. The highest BCUT2D eigenvalue weighted by Gasteiger charge is 2.58. The summed E-state index contributed by atoms with van der Waals surface area (Å²) in [6, 6.07) is 89.6. The molecule has 3 aliphatic heterocycles. The van der Waals surface area contributed by atoms with Crippen molar-refractivity contribution < 1.29 is 0 Å². The largest absolute Gasteiger partial charge is 0.334 e. The highest BCUT2D eigenvalue weighted by atomic mass is 15.3. The van der Waals surface area contributed by atoms with Crippen LogP contribution in [0, 0.1) is 0 Å². The molecule has 1 aliphatic carbocycles. The Bertz CT molecular complexity index is 3970. The Hall–Kier alpha value is -8.54. The Morgan fingerprint density at radius 2 is 0.926 bits per heavy atom. The summed E-state index contributed by atoms with van der Waals surface area (Å²) in [4.78, 5) is 10.5. The molecule has 0 spiro atoms. The monoisotopic (exact) mass is 1050 g/mol. The smallest absolute Gasteiger partial charge is 0.252 e. The van der Waals surface area contributed by atoms with E-state index in [1.54, 1.807) is 0 Å². The lowest BCUT2D eigenvalue weighted by atomic mass is 9.33. The molecule has 10 aromatic rings. The van der Waals surface area contributed by atoms with Crippen molar-refractivity contribution in [2.45, 2.75) is 103 Å². The second kappa shape index (κ2) is 19.1. The molecule has 398 valence electrons. The Labute approximate surface area is 481 Å². The van der Waals surface area contributed by atoms with Gasteiger partial charge in [-0.1, -0.05) is 207 Å². The molecule has 5 heteroatoms. The van der Waals surface area contributed by atoms with Gasteiger partial charge in [0.25, 0.3) is 6.71 Å². The number of para-hydroxylation sites is 2. The van der Waals surface area contributed by atoms with E-state index < -0.39 is 0 Å². The zero-order chi connectivity index (χ0) is 55.4. The van der Waals surface area contributed by atoms with Gasteiger partial charge < -0.3 is 19.6 Å². The summed E-state index contributed by atoms with van der Waals surface area (Å²) < 4.78 is 0. The predicted octanol–water partition coefficient (Wildman–Crippen LogP) is 18.9. The first-order valence-electron chi connectivity index (χ1n) is 29.4. The molecule has 4 aliphatic rings. The fourth-order valence-corrected chi connectivity index (χ4v) is 14.4. The van der Waals surface area contributed by atoms with Gasteiger partial charge in [-0.2, -0.15) is 0 Å². The number of hydrogen-bond donors (Lipinski definition) is 0. The maximum Gasteiger partial charge on any atom is 0.252 e. The molecule has 0 N–H and O–H groups in total. The molecule has 2 atom stereocenters. The van der Waals surface area contributed by atoms with Gasteiger partial charge in [0.15, 0.2) is 0 Å². The lowest BCUT2D eigenvalue weighted by Crippen LogP contribution is -2.61. The van der Waals surface area contributed by atoms with E-state index in [9.17, 15) is 0 Å². The van der Waals surface area contributed by atoms with E-state index in [4.69, 9.17) is 0 Å². The minimum Gasteiger partial charge on any atom is -0.334 e. The minimum atomic E-state index is -0.241. The van der Waals surface area contributed by atoms with Crippen LogP contribution in [0.25, 0.3) is 22.3 Å². The summed E-state index contributed by atoms with van der Waals surface area (Å²) in [5.41, 5.74) is 25.6. The molecule has 14 rings (SSSR count). The molecule has 3 heterocycles. The number of fused-ring (bicyclic) bond motifs is 7. The van der Waals surface area contributed by atoms with Crippen molar-refractivity contribution in [3.8, 4) is 22.3 Å². The van der Waals surface area contributed by atoms with Crippen molar-refractivity contribution in [1.29, 1.82) is 0 Å². The van der Waals surface area contributed by atoms with E-state index in [-0.39, 0.29) is 28.5 Å². The van der Waals surface area contributed by atoms with E-state index in [2.05, 4.69) is 312 Å². The van der Waals surface area contributed by atoms with Gasteiger partial charge in [0.05, 0.1) is 5.54 Å². The van der Waals surface area contributed by atoms with Crippen LogP contribution in [0.5, 0.6) is 0 Å². The van der Waals surface area contributed by atoms with Crippen molar-refractivity contribution >= 4 is 85.7 Å². The van der Waals surface area contributed by atoms with Crippen molar-refractivity contribution in [3.63, 3.8) is 0 Å². The summed E-state index contributed by atoms with van der Waals surface area (Å²) in [7, 11) is 0. The summed E-state index contributed by atoms with van der Waals surface area (Å²) >= 11 is 0. The van der Waals surface area contributed by atoms with E-state index in [1.807, 2.05) is 0 Å². The molecule has 0 aromatic heterocycles. The number of rotatable bonds is 8. The molecule has 0 saturated heterocycles. The number of benzene rings is 10. The lowest BCUT2D eigenvalue weighted by Gasteiger charge is -2.51. The molecule has 0 radical (unpaired) electrons. The molecule has 2 unspecified atom stereocenters. The van der Waals surface area contributed by atoms with Crippen LogP contribution in [0.2, 0.25) is 0 Å². The van der Waals surface area contributed by atoms with E-state index in [0.29, 0.717) is 0 Å². The second-order valence-electron chi connectivity index (χ2n) is 25.7. The topological polar surface area (TPSA) is 13.0 Å². The van der Waals surface area contributed by atoms with E-state index in [0.717, 1.165) is 35.6 Å². The number of anilines is 11. The average molecular weight is 1050 g/mol. The molecule has 81 heavy (non-hydrogen) atoms. The van der Waals surface area contributed by atoms with Gasteiger partial charge in [0.1, 0.15) is 0 Å². The maximum atomic E-state index is 2.81. The van der Waals surface area contributed by atoms with Gasteiger partial charge in [-0.25, -0.2) is 0 Å². The van der Waals surface area contributed by atoms with Crippen LogP contribution >= 0.6 is 0 Å². The standard InChI is InChI=1S/C76H71BN4/c1-73(2,3)56-35-38-60(39-36-56)79-68-42-37-57(74(4,5)6)48-66(68)77-65-41-34-55(53-26-15-10-16-27-53)47-69(65)80(61-33-23-28-54(46-61)52-24-13-9-14-25-52)71-51-63(50-70(79)72(71)77)81-67-43-40-62(49-64(67)75(7)44-21-22-45-76(75,81)8)78(58-29-17-11-18-30-58)59-31-19-12-20-32-59/h9-20,23-43,46-51H,21-22,44-45H2,1-8H3. The SMILES string of the molecule is CC(C)(C)c1ccc(N2c3ccc(C(C)(C)C)cc3B3c4ccc(-c5ccccc5)cc4N(c4cccc(-c5ccccc5)c4)c4cc(N5c6ccc(N(c7ccccc7)c7ccccc7)cc6C6(C)CCCCC56C)cc2c43)cc1. The van der Waals surface area contributed by atoms with Crippen LogP contribution < -0.4 is 36.0 Å². The van der Waals surface area contributed by atoms with Crippen molar-refractivity contribution in [1.82, 2.24) is 0 Å². The lowest BCUT2D eigenvalue weighted by molar-refractivity contribution is 0.195. The first-order chi connectivity index (χ1) is 39.2. The normalized spacial score (nSPS) is 17.9. The highest BCUT2D eigenvalue weighted by Crippen LogP contribution is 2.63. The highest BCUT2D eigenvalue weighted by molar-refractivity contribution is 7.00. The first-order valence-corrected chi connectivity index (χ1v) is 29.4. The maximum absolute atomic E-state index is 2.81. The van der Waals surface area contributed by atoms with Crippen molar-refractivity contribution in [2.75, 3.05) is 19.6 Å². The molecule has 0 bridgehead atoms. The minimum absolute atomic E-state index is 0.00550. The van der Waals surface area contributed by atoms with Crippen LogP contribution in [-0.2, 0) is 16.2 Å². The quantitative estimate of drug-likeness (QED) is 0.141. The Morgan fingerprint density at radius 3 is 1.54 bits per heavy atom. The summed E-state index contributed by atoms with van der Waals surface area (Å²) in [5.74, 6) is 0. The Kier molecular flexibility index (Phi) is 11.9. The molecule has 0 amide bonds. The fourth-order valence-electron chi connectivity index (χ4n) is 14.4. The second-order valence-corrected chi connectivity index (χ2v) is 25.7. The average Bonchev–Trinajstić information content (AvgIpc) is 2.52. The van der Waals surface area contributed by atoms with Crippen LogP contribution in [0.4, 0.5) is 62.6 Å². The van der Waals surface area contributed by atoms with Crippen LogP contribution in [0.15, 0.2) is 237 Å². The van der Waals surface area contributed by atoms with Gasteiger partial charge in [-0.15, -0.1) is 0 Å². The third-order valence-electron chi connectivity index (χ3n) is 18.9. The molecular formula is C76H71BN4. The molecule has 4 nitrogen and oxygen atoms in total. The first kappa shape index (κ1) is 50.7. The Morgan fingerprint density at radius 1 is 0.383 bits per heavy atom. The molecule has 1 fully saturated rings.